The Hall–Kier alpha value is -1.34. The molecule has 112 valence electrons. The van der Waals surface area contributed by atoms with Crippen molar-refractivity contribution in [1.82, 2.24) is 0 Å². The van der Waals surface area contributed by atoms with Crippen LogP contribution in [0.2, 0.25) is 5.54 Å². The van der Waals surface area contributed by atoms with Crippen LogP contribution in [0.15, 0.2) is 60.7 Å². The van der Waals surface area contributed by atoms with Crippen molar-refractivity contribution in [3.8, 4) is 0 Å². The fraction of sp³-hybridized carbons (Fsp3) is 0.400. The predicted molar refractivity (Wildman–Crippen MR) is 97.5 cm³/mol. The highest BCUT2D eigenvalue weighted by Gasteiger charge is 2.22. The molecule has 0 saturated carbocycles. The van der Waals surface area contributed by atoms with E-state index < -0.39 is 8.80 Å². The molecule has 2 rings (SSSR count). The van der Waals surface area contributed by atoms with Crippen LogP contribution in [0.4, 0.5) is 0 Å². The van der Waals surface area contributed by atoms with Crippen LogP contribution >= 0.6 is 0 Å². The van der Waals surface area contributed by atoms with E-state index in [0.717, 1.165) is 5.54 Å². The largest absolute Gasteiger partial charge is 0.105 e. The summed E-state index contributed by atoms with van der Waals surface area (Å²) >= 11 is 0. The van der Waals surface area contributed by atoms with Gasteiger partial charge in [0.15, 0.2) is 0 Å². The Morgan fingerprint density at radius 3 is 1.76 bits per heavy atom. The third-order valence-corrected chi connectivity index (χ3v) is 8.08. The van der Waals surface area contributed by atoms with Gasteiger partial charge in [0.2, 0.25) is 0 Å². The van der Waals surface area contributed by atoms with Gasteiger partial charge in [0.05, 0.1) is 0 Å². The average molecular weight is 297 g/mol. The van der Waals surface area contributed by atoms with Crippen LogP contribution in [0.25, 0.3) is 0 Å². The van der Waals surface area contributed by atoms with Crippen molar-refractivity contribution in [3.05, 3.63) is 60.7 Å². The van der Waals surface area contributed by atoms with Crippen LogP contribution in [-0.4, -0.2) is 8.80 Å². The number of benzene rings is 2. The van der Waals surface area contributed by atoms with Gasteiger partial charge in [0, 0.05) is 0 Å². The van der Waals surface area contributed by atoms with Crippen LogP contribution in [0.1, 0.15) is 46.0 Å². The maximum Gasteiger partial charge on any atom is 0.105 e. The first-order valence-corrected chi connectivity index (χ1v) is 10.2. The van der Waals surface area contributed by atoms with Gasteiger partial charge in [-0.2, -0.15) is 0 Å². The Balaban J connectivity index is 2.13. The maximum absolute atomic E-state index is 2.48. The lowest BCUT2D eigenvalue weighted by Crippen LogP contribution is -2.45. The minimum atomic E-state index is -1.10. The fourth-order valence-electron chi connectivity index (χ4n) is 3.23. The summed E-state index contributed by atoms with van der Waals surface area (Å²) in [6, 6.07) is 22.4. The van der Waals surface area contributed by atoms with Crippen LogP contribution in [0.3, 0.4) is 0 Å². The molecule has 0 bridgehead atoms. The van der Waals surface area contributed by atoms with E-state index in [9.17, 15) is 0 Å². The molecule has 0 aromatic heterocycles. The van der Waals surface area contributed by atoms with Gasteiger partial charge in [0.25, 0.3) is 0 Å². The number of hydrogen-bond donors (Lipinski definition) is 0. The van der Waals surface area contributed by atoms with Crippen LogP contribution < -0.4 is 10.4 Å². The summed E-state index contributed by atoms with van der Waals surface area (Å²) in [4.78, 5) is 0. The van der Waals surface area contributed by atoms with E-state index in [1.54, 1.807) is 10.4 Å². The van der Waals surface area contributed by atoms with E-state index in [4.69, 9.17) is 0 Å². The molecular weight excluding hydrogens is 268 g/mol. The summed E-state index contributed by atoms with van der Waals surface area (Å²) in [5, 5.41) is 3.18. The van der Waals surface area contributed by atoms with Gasteiger partial charge in [-0.3, -0.25) is 0 Å². The molecule has 2 aromatic carbocycles. The summed E-state index contributed by atoms with van der Waals surface area (Å²) < 4.78 is 0. The lowest BCUT2D eigenvalue weighted by atomic mass is 10.1. The second kappa shape index (κ2) is 8.84. The Bertz CT molecular complexity index is 452. The van der Waals surface area contributed by atoms with E-state index in [-0.39, 0.29) is 0 Å². The SMILES string of the molecule is CCCCCCC(C)[SiH](c1ccccc1)c1ccccc1. The second-order valence-electron chi connectivity index (χ2n) is 6.13. The van der Waals surface area contributed by atoms with Crippen molar-refractivity contribution in [2.45, 2.75) is 51.5 Å². The highest BCUT2D eigenvalue weighted by Crippen LogP contribution is 2.19. The molecule has 1 atom stereocenters. The lowest BCUT2D eigenvalue weighted by Gasteiger charge is -2.23. The summed E-state index contributed by atoms with van der Waals surface area (Å²) in [6.07, 6.45) is 6.87. The highest BCUT2D eigenvalue weighted by molar-refractivity contribution is 6.86. The zero-order valence-corrected chi connectivity index (χ0v) is 14.6. The lowest BCUT2D eigenvalue weighted by molar-refractivity contribution is 0.621. The molecule has 0 N–H and O–H groups in total. The third kappa shape index (κ3) is 4.85. The first kappa shape index (κ1) is 16.0. The van der Waals surface area contributed by atoms with Crippen LogP contribution in [0.5, 0.6) is 0 Å². The third-order valence-electron chi connectivity index (χ3n) is 4.40. The van der Waals surface area contributed by atoms with E-state index in [2.05, 4.69) is 74.5 Å². The van der Waals surface area contributed by atoms with Crippen molar-refractivity contribution < 1.29 is 0 Å². The van der Waals surface area contributed by atoms with Crippen molar-refractivity contribution in [3.63, 3.8) is 0 Å². The van der Waals surface area contributed by atoms with Crippen LogP contribution in [-0.2, 0) is 0 Å². The van der Waals surface area contributed by atoms with Gasteiger partial charge in [-0.15, -0.1) is 0 Å². The predicted octanol–water partition coefficient (Wildman–Crippen LogP) is 4.39. The standard InChI is InChI=1S/C20H28Si/c1-3-4-5-8-13-18(2)21(19-14-9-6-10-15-19)20-16-11-7-12-17-20/h6-7,9-12,14-18,21H,3-5,8,13H2,1-2H3. The summed E-state index contributed by atoms with van der Waals surface area (Å²) in [7, 11) is -1.10. The Kier molecular flexibility index (Phi) is 6.75. The maximum atomic E-state index is 2.48. The minimum absolute atomic E-state index is 0.826. The molecule has 0 saturated heterocycles. The number of hydrogen-bond acceptors (Lipinski definition) is 0. The van der Waals surface area contributed by atoms with Crippen molar-refractivity contribution in [2.24, 2.45) is 0 Å². The molecule has 0 fully saturated rings. The van der Waals surface area contributed by atoms with Crippen molar-refractivity contribution in [1.29, 1.82) is 0 Å². The Labute approximate surface area is 131 Å². The molecule has 0 amide bonds. The van der Waals surface area contributed by atoms with Crippen molar-refractivity contribution >= 4 is 19.2 Å². The summed E-state index contributed by atoms with van der Waals surface area (Å²) in [6.45, 7) is 4.76. The van der Waals surface area contributed by atoms with Gasteiger partial charge in [0.1, 0.15) is 8.80 Å². The monoisotopic (exact) mass is 296 g/mol. The summed E-state index contributed by atoms with van der Waals surface area (Å²) in [5.41, 5.74) is 0.826. The topological polar surface area (TPSA) is 0 Å². The highest BCUT2D eigenvalue weighted by atomic mass is 28.3. The zero-order chi connectivity index (χ0) is 14.9. The Morgan fingerprint density at radius 1 is 0.762 bits per heavy atom. The zero-order valence-electron chi connectivity index (χ0n) is 13.5. The molecule has 0 aliphatic heterocycles. The molecule has 0 nitrogen and oxygen atoms in total. The molecule has 1 unspecified atom stereocenters. The average Bonchev–Trinajstić information content (AvgIpc) is 2.54. The van der Waals surface area contributed by atoms with E-state index in [1.807, 2.05) is 0 Å². The molecule has 0 aliphatic rings. The number of rotatable bonds is 8. The first-order chi connectivity index (χ1) is 10.3. The molecule has 21 heavy (non-hydrogen) atoms. The molecule has 0 aliphatic carbocycles. The second-order valence-corrected chi connectivity index (χ2v) is 9.55. The number of unbranched alkanes of at least 4 members (excludes halogenated alkanes) is 3. The normalized spacial score (nSPS) is 12.5. The minimum Gasteiger partial charge on any atom is -0.0654 e. The molecule has 0 radical (unpaired) electrons. The van der Waals surface area contributed by atoms with Gasteiger partial charge in [-0.25, -0.2) is 0 Å². The molecule has 0 heterocycles. The van der Waals surface area contributed by atoms with Gasteiger partial charge in [-0.1, -0.05) is 117 Å². The summed E-state index contributed by atoms with van der Waals surface area (Å²) in [5.74, 6) is 0. The van der Waals surface area contributed by atoms with Gasteiger partial charge in [-0.05, 0) is 5.54 Å². The Morgan fingerprint density at radius 2 is 1.29 bits per heavy atom. The van der Waals surface area contributed by atoms with E-state index in [1.165, 1.54) is 32.1 Å². The fourth-order valence-corrected chi connectivity index (χ4v) is 6.77. The van der Waals surface area contributed by atoms with Gasteiger partial charge < -0.3 is 0 Å². The van der Waals surface area contributed by atoms with Gasteiger partial charge >= 0.3 is 0 Å². The van der Waals surface area contributed by atoms with Crippen LogP contribution in [0, 0.1) is 0 Å². The molecule has 1 heteroatoms. The van der Waals surface area contributed by atoms with E-state index >= 15 is 0 Å². The molecular formula is C20H28Si. The molecule has 0 spiro atoms. The molecule has 2 aromatic rings. The first-order valence-electron chi connectivity index (χ1n) is 8.42. The quantitative estimate of drug-likeness (QED) is 0.501. The van der Waals surface area contributed by atoms with E-state index in [0.29, 0.717) is 0 Å². The van der Waals surface area contributed by atoms with Crippen molar-refractivity contribution in [2.75, 3.05) is 0 Å². The smallest absolute Gasteiger partial charge is 0.0654 e.